The van der Waals surface area contributed by atoms with Crippen LogP contribution >= 0.6 is 11.8 Å². The summed E-state index contributed by atoms with van der Waals surface area (Å²) in [5, 5.41) is 2.02. The topological polar surface area (TPSA) is 55.1 Å². The molecule has 0 radical (unpaired) electrons. The van der Waals surface area contributed by atoms with Crippen molar-refractivity contribution in [3.63, 3.8) is 0 Å². The molecule has 1 aliphatic rings. The molecule has 1 amide bonds. The number of carbonyl (C=O) groups is 1. The first-order chi connectivity index (χ1) is 7.32. The molecule has 0 aromatic heterocycles. The van der Waals surface area contributed by atoms with E-state index in [2.05, 4.69) is 0 Å². The first-order valence-electron chi connectivity index (χ1n) is 4.96. The van der Waals surface area contributed by atoms with E-state index in [1.54, 1.807) is 0 Å². The fourth-order valence-corrected chi connectivity index (χ4v) is 1.80. The van der Waals surface area contributed by atoms with Gasteiger partial charge in [0.15, 0.2) is 0 Å². The molecule has 3 nitrogen and oxygen atoms in total. The van der Waals surface area contributed by atoms with Crippen LogP contribution in [-0.4, -0.2) is 35.7 Å². The number of thioether (sulfide) groups is 1. The summed E-state index contributed by atoms with van der Waals surface area (Å²) in [6, 6.07) is -0.854. The van der Waals surface area contributed by atoms with Crippen LogP contribution in [0.15, 0.2) is 0 Å². The second-order valence-corrected chi connectivity index (χ2v) is 4.94. The van der Waals surface area contributed by atoms with Gasteiger partial charge in [-0.05, 0) is 31.3 Å². The molecule has 3 N–H and O–H groups in total. The quantitative estimate of drug-likeness (QED) is 0.779. The number of carbonyl (C=O) groups excluding carboxylic acids is 1. The van der Waals surface area contributed by atoms with Gasteiger partial charge < -0.3 is 11.1 Å². The van der Waals surface area contributed by atoms with E-state index in [1.165, 1.54) is 11.8 Å². The molecule has 0 saturated heterocycles. The third kappa shape index (κ3) is 3.04. The van der Waals surface area contributed by atoms with Gasteiger partial charge in [0.05, 0.1) is 6.04 Å². The molecule has 1 saturated carbocycles. The van der Waals surface area contributed by atoms with E-state index in [0.29, 0.717) is 12.2 Å². The Morgan fingerprint density at radius 1 is 1.56 bits per heavy atom. The lowest BCUT2D eigenvalue weighted by Crippen LogP contribution is -2.53. The number of alkyl halides is 3. The molecule has 7 heteroatoms. The molecule has 0 spiro atoms. The van der Waals surface area contributed by atoms with Gasteiger partial charge in [0.2, 0.25) is 5.91 Å². The maximum atomic E-state index is 12.5. The van der Waals surface area contributed by atoms with E-state index >= 15 is 0 Å². The van der Waals surface area contributed by atoms with Gasteiger partial charge in [0.25, 0.3) is 0 Å². The van der Waals surface area contributed by atoms with Crippen LogP contribution in [0.1, 0.15) is 19.3 Å². The first kappa shape index (κ1) is 13.6. The van der Waals surface area contributed by atoms with Crippen LogP contribution in [0.5, 0.6) is 0 Å². The number of nitrogens with one attached hydrogen (secondary N) is 1. The Balaban J connectivity index is 2.46. The summed E-state index contributed by atoms with van der Waals surface area (Å²) >= 11 is 1.50. The van der Waals surface area contributed by atoms with Crippen LogP contribution < -0.4 is 11.1 Å². The Hall–Kier alpha value is -0.430. The van der Waals surface area contributed by atoms with Crippen molar-refractivity contribution >= 4 is 17.7 Å². The molecule has 0 aromatic carbocycles. The maximum absolute atomic E-state index is 12.5. The van der Waals surface area contributed by atoms with E-state index < -0.39 is 23.7 Å². The third-order valence-corrected chi connectivity index (χ3v) is 3.27. The van der Waals surface area contributed by atoms with Gasteiger partial charge in [-0.2, -0.15) is 24.9 Å². The lowest BCUT2D eigenvalue weighted by molar-refractivity contribution is -0.170. The summed E-state index contributed by atoms with van der Waals surface area (Å²) < 4.78 is 37.5. The second kappa shape index (κ2) is 4.83. The zero-order valence-electron chi connectivity index (χ0n) is 8.93. The highest BCUT2D eigenvalue weighted by Crippen LogP contribution is 2.48. The van der Waals surface area contributed by atoms with E-state index in [0.717, 1.165) is 0 Å². The van der Waals surface area contributed by atoms with Crippen molar-refractivity contribution in [2.24, 2.45) is 5.73 Å². The predicted molar refractivity (Wildman–Crippen MR) is 57.1 cm³/mol. The highest BCUT2D eigenvalue weighted by atomic mass is 32.2. The minimum absolute atomic E-state index is 0.0442. The minimum Gasteiger partial charge on any atom is -0.341 e. The van der Waals surface area contributed by atoms with Gasteiger partial charge >= 0.3 is 6.18 Å². The Morgan fingerprint density at radius 2 is 2.12 bits per heavy atom. The van der Waals surface area contributed by atoms with E-state index in [1.807, 2.05) is 11.6 Å². The van der Waals surface area contributed by atoms with Crippen LogP contribution in [0.25, 0.3) is 0 Å². The molecule has 1 rings (SSSR count). The summed E-state index contributed by atoms with van der Waals surface area (Å²) in [7, 11) is 0. The van der Waals surface area contributed by atoms with Crippen molar-refractivity contribution in [1.29, 1.82) is 0 Å². The van der Waals surface area contributed by atoms with Crippen molar-refractivity contribution < 1.29 is 18.0 Å². The van der Waals surface area contributed by atoms with Crippen LogP contribution in [0.3, 0.4) is 0 Å². The fourth-order valence-electron chi connectivity index (χ4n) is 1.31. The summed E-state index contributed by atoms with van der Waals surface area (Å²) in [5.74, 6) is -0.0444. The normalized spacial score (nSPS) is 20.3. The van der Waals surface area contributed by atoms with Crippen molar-refractivity contribution in [3.8, 4) is 0 Å². The predicted octanol–water partition coefficient (Wildman–Crippen LogP) is 1.28. The molecule has 1 atom stereocenters. The van der Waals surface area contributed by atoms with E-state index in [4.69, 9.17) is 5.73 Å². The molecule has 1 fully saturated rings. The Morgan fingerprint density at radius 3 is 2.50 bits per heavy atom. The molecule has 0 unspecified atom stereocenters. The molecular weight excluding hydrogens is 241 g/mol. The smallest absolute Gasteiger partial charge is 0.341 e. The molecule has 94 valence electrons. The number of hydrogen-bond donors (Lipinski definition) is 2. The number of halogens is 3. The van der Waals surface area contributed by atoms with Crippen molar-refractivity contribution in [3.05, 3.63) is 0 Å². The van der Waals surface area contributed by atoms with Gasteiger partial charge in [-0.25, -0.2) is 0 Å². The summed E-state index contributed by atoms with van der Waals surface area (Å²) in [4.78, 5) is 11.4. The van der Waals surface area contributed by atoms with Crippen LogP contribution in [0.4, 0.5) is 13.2 Å². The van der Waals surface area contributed by atoms with Gasteiger partial charge in [-0.1, -0.05) is 0 Å². The monoisotopic (exact) mass is 256 g/mol. The lowest BCUT2D eigenvalue weighted by Gasteiger charge is -2.22. The van der Waals surface area contributed by atoms with Crippen molar-refractivity contribution in [2.45, 2.75) is 37.0 Å². The molecule has 0 aromatic rings. The molecule has 0 heterocycles. The number of hydrogen-bond acceptors (Lipinski definition) is 3. The first-order valence-corrected chi connectivity index (χ1v) is 6.35. The zero-order valence-corrected chi connectivity index (χ0v) is 9.75. The highest BCUT2D eigenvalue weighted by Gasteiger charge is 2.64. The van der Waals surface area contributed by atoms with E-state index in [-0.39, 0.29) is 12.8 Å². The van der Waals surface area contributed by atoms with Crippen molar-refractivity contribution in [1.82, 2.24) is 5.32 Å². The molecule has 0 bridgehead atoms. The Labute approximate surface area is 96.3 Å². The maximum Gasteiger partial charge on any atom is 0.411 e. The summed E-state index contributed by atoms with van der Waals surface area (Å²) in [6.45, 7) is 0. The molecule has 1 aliphatic carbocycles. The number of amides is 1. The lowest BCUT2D eigenvalue weighted by atomic mass is 10.2. The fraction of sp³-hybridized carbons (Fsp3) is 0.889. The SMILES string of the molecule is CSCC[C@@H](N)C(=O)NC1(C(F)(F)F)CC1. The number of rotatable bonds is 5. The van der Waals surface area contributed by atoms with Crippen LogP contribution in [-0.2, 0) is 4.79 Å². The number of nitrogens with two attached hydrogens (primary N) is 1. The zero-order chi connectivity index (χ0) is 12.4. The van der Waals surface area contributed by atoms with Gasteiger partial charge in [0, 0.05) is 0 Å². The Bertz CT molecular complexity index is 266. The van der Waals surface area contributed by atoms with E-state index in [9.17, 15) is 18.0 Å². The third-order valence-electron chi connectivity index (χ3n) is 2.62. The molecule has 16 heavy (non-hydrogen) atoms. The molecule has 0 aliphatic heterocycles. The average Bonchev–Trinajstić information content (AvgIpc) is 2.94. The summed E-state index contributed by atoms with van der Waals surface area (Å²) in [6.07, 6.45) is -2.22. The average molecular weight is 256 g/mol. The Kier molecular flexibility index (Phi) is 4.12. The van der Waals surface area contributed by atoms with Crippen LogP contribution in [0.2, 0.25) is 0 Å². The van der Waals surface area contributed by atoms with Crippen molar-refractivity contribution in [2.75, 3.05) is 12.0 Å². The standard InChI is InChI=1S/C9H15F3N2OS/c1-16-5-2-6(13)7(15)14-8(3-4-8)9(10,11)12/h6H,2-5,13H2,1H3,(H,14,15)/t6-/m1/s1. The van der Waals surface area contributed by atoms with Gasteiger partial charge in [-0.15, -0.1) is 0 Å². The largest absolute Gasteiger partial charge is 0.411 e. The molecular formula is C9H15F3N2OS. The second-order valence-electron chi connectivity index (χ2n) is 3.96. The minimum atomic E-state index is -4.37. The summed E-state index contributed by atoms with van der Waals surface area (Å²) in [5.41, 5.74) is 3.49. The van der Waals surface area contributed by atoms with Gasteiger partial charge in [-0.3, -0.25) is 4.79 Å². The highest BCUT2D eigenvalue weighted by molar-refractivity contribution is 7.98. The van der Waals surface area contributed by atoms with Crippen LogP contribution in [0, 0.1) is 0 Å². The van der Waals surface area contributed by atoms with Gasteiger partial charge in [0.1, 0.15) is 5.54 Å².